The predicted octanol–water partition coefficient (Wildman–Crippen LogP) is 3.47. The zero-order chi connectivity index (χ0) is 16.7. The van der Waals surface area contributed by atoms with Crippen LogP contribution in [0.4, 0.5) is 0 Å². The molecule has 5 nitrogen and oxygen atoms in total. The highest BCUT2D eigenvalue weighted by Gasteiger charge is 2.34. The van der Waals surface area contributed by atoms with Crippen LogP contribution < -0.4 is 16.1 Å². The Morgan fingerprint density at radius 3 is 2.48 bits per heavy atom. The number of benzene rings is 1. The minimum atomic E-state index is -0.753. The Balaban J connectivity index is 2.34. The van der Waals surface area contributed by atoms with Crippen LogP contribution in [0.2, 0.25) is 10.0 Å². The number of nitrogens with two attached hydrogens (primary N) is 1. The third-order valence-corrected chi connectivity index (χ3v) is 3.91. The lowest BCUT2D eigenvalue weighted by Crippen LogP contribution is -2.26. The van der Waals surface area contributed by atoms with Crippen LogP contribution in [0.15, 0.2) is 44.9 Å². The van der Waals surface area contributed by atoms with Gasteiger partial charge in [0, 0.05) is 16.1 Å². The molecular weight excluding hydrogens is 339 g/mol. The Hall–Kier alpha value is -2.42. The van der Waals surface area contributed by atoms with Crippen LogP contribution in [-0.2, 0) is 0 Å². The first-order valence-corrected chi connectivity index (χ1v) is 7.34. The van der Waals surface area contributed by atoms with E-state index in [0.717, 1.165) is 0 Å². The molecular formula is C16H10Cl2N2O3. The van der Waals surface area contributed by atoms with Crippen LogP contribution >= 0.6 is 23.2 Å². The van der Waals surface area contributed by atoms with Crippen molar-refractivity contribution in [2.24, 2.45) is 5.73 Å². The molecule has 3 rings (SSSR count). The maximum atomic E-state index is 12.3. The van der Waals surface area contributed by atoms with E-state index in [2.05, 4.69) is 0 Å². The van der Waals surface area contributed by atoms with E-state index < -0.39 is 11.5 Å². The monoisotopic (exact) mass is 348 g/mol. The van der Waals surface area contributed by atoms with Crippen molar-refractivity contribution in [3.05, 3.63) is 73.1 Å². The number of fused-ring (bicyclic) bond motifs is 1. The van der Waals surface area contributed by atoms with Gasteiger partial charge in [-0.3, -0.25) is 0 Å². The number of rotatable bonds is 1. The summed E-state index contributed by atoms with van der Waals surface area (Å²) in [5, 5.41) is 10.2. The summed E-state index contributed by atoms with van der Waals surface area (Å²) in [6.45, 7) is 1.62. The normalized spacial score (nSPS) is 16.5. The molecule has 7 heteroatoms. The highest BCUT2D eigenvalue weighted by molar-refractivity contribution is 6.34. The largest absolute Gasteiger partial charge is 0.440 e. The lowest BCUT2D eigenvalue weighted by Gasteiger charge is -2.25. The van der Waals surface area contributed by atoms with Crippen LogP contribution in [0, 0.1) is 18.3 Å². The first kappa shape index (κ1) is 15.5. The van der Waals surface area contributed by atoms with E-state index in [1.807, 2.05) is 6.07 Å². The molecule has 0 fully saturated rings. The van der Waals surface area contributed by atoms with Crippen molar-refractivity contribution in [1.29, 1.82) is 5.26 Å². The van der Waals surface area contributed by atoms with Gasteiger partial charge in [-0.15, -0.1) is 0 Å². The zero-order valence-electron chi connectivity index (χ0n) is 11.9. The van der Waals surface area contributed by atoms with Gasteiger partial charge >= 0.3 is 5.63 Å². The molecule has 2 aromatic rings. The molecule has 0 bridgehead atoms. The van der Waals surface area contributed by atoms with Gasteiger partial charge in [-0.2, -0.15) is 5.26 Å². The van der Waals surface area contributed by atoms with Crippen molar-refractivity contribution in [2.75, 3.05) is 0 Å². The first-order chi connectivity index (χ1) is 10.9. The van der Waals surface area contributed by atoms with Gasteiger partial charge in [-0.25, -0.2) is 4.79 Å². The lowest BCUT2D eigenvalue weighted by molar-refractivity contribution is 0.371. The Bertz CT molecular complexity index is 921. The second-order valence-electron chi connectivity index (χ2n) is 5.05. The van der Waals surface area contributed by atoms with Gasteiger partial charge in [-0.1, -0.05) is 23.2 Å². The number of aryl methyl sites for hydroxylation is 1. The summed E-state index contributed by atoms with van der Waals surface area (Å²) in [5.41, 5.74) is 6.10. The molecule has 0 amide bonds. The van der Waals surface area contributed by atoms with Gasteiger partial charge in [0.1, 0.15) is 23.2 Å². The molecule has 0 radical (unpaired) electrons. The highest BCUT2D eigenvalue weighted by atomic mass is 35.5. The van der Waals surface area contributed by atoms with Gasteiger partial charge < -0.3 is 14.9 Å². The third-order valence-electron chi connectivity index (χ3n) is 3.47. The van der Waals surface area contributed by atoms with Crippen LogP contribution in [0.5, 0.6) is 5.75 Å². The number of nitrogens with zero attached hydrogens (tertiary/aromatic N) is 1. The topological polar surface area (TPSA) is 89.2 Å². The number of ether oxygens (including phenoxy) is 1. The smallest absolute Gasteiger partial charge is 0.343 e. The molecule has 23 heavy (non-hydrogen) atoms. The van der Waals surface area contributed by atoms with Crippen molar-refractivity contribution >= 4 is 23.2 Å². The molecule has 0 aliphatic carbocycles. The van der Waals surface area contributed by atoms with Gasteiger partial charge in [0.15, 0.2) is 0 Å². The van der Waals surface area contributed by atoms with E-state index in [1.165, 1.54) is 0 Å². The second kappa shape index (κ2) is 5.65. The van der Waals surface area contributed by atoms with E-state index in [0.29, 0.717) is 21.4 Å². The zero-order valence-corrected chi connectivity index (χ0v) is 13.4. The number of hydrogen-bond donors (Lipinski definition) is 1. The Kier molecular flexibility index (Phi) is 3.80. The second-order valence-corrected chi connectivity index (χ2v) is 5.92. The summed E-state index contributed by atoms with van der Waals surface area (Å²) in [6.07, 6.45) is 0. The lowest BCUT2D eigenvalue weighted by atomic mass is 9.84. The predicted molar refractivity (Wildman–Crippen MR) is 85.5 cm³/mol. The van der Waals surface area contributed by atoms with Gasteiger partial charge in [0.2, 0.25) is 5.88 Å². The Morgan fingerprint density at radius 1 is 1.22 bits per heavy atom. The number of halogens is 2. The van der Waals surface area contributed by atoms with Crippen LogP contribution in [0.25, 0.3) is 0 Å². The van der Waals surface area contributed by atoms with Crippen LogP contribution in [0.3, 0.4) is 0 Å². The van der Waals surface area contributed by atoms with Gasteiger partial charge in [-0.05, 0) is 30.7 Å². The third kappa shape index (κ3) is 2.67. The summed E-state index contributed by atoms with van der Waals surface area (Å²) >= 11 is 12.1. The molecule has 1 aliphatic heterocycles. The van der Waals surface area contributed by atoms with E-state index in [-0.39, 0.29) is 22.8 Å². The van der Waals surface area contributed by atoms with Crippen molar-refractivity contribution in [2.45, 2.75) is 12.8 Å². The Morgan fingerprint density at radius 2 is 1.87 bits per heavy atom. The van der Waals surface area contributed by atoms with Gasteiger partial charge in [0.05, 0.1) is 11.5 Å². The molecule has 1 aromatic carbocycles. The summed E-state index contributed by atoms with van der Waals surface area (Å²) in [4.78, 5) is 12.3. The average molecular weight is 349 g/mol. The van der Waals surface area contributed by atoms with E-state index in [1.54, 1.807) is 31.2 Å². The maximum Gasteiger partial charge on any atom is 0.343 e. The quantitative estimate of drug-likeness (QED) is 0.851. The molecule has 1 aliphatic rings. The van der Waals surface area contributed by atoms with Crippen molar-refractivity contribution in [1.82, 2.24) is 0 Å². The molecule has 1 unspecified atom stereocenters. The number of nitriles is 1. The van der Waals surface area contributed by atoms with Crippen molar-refractivity contribution in [3.63, 3.8) is 0 Å². The molecule has 116 valence electrons. The minimum Gasteiger partial charge on any atom is -0.440 e. The number of hydrogen-bond acceptors (Lipinski definition) is 5. The molecule has 1 aromatic heterocycles. The summed E-state index contributed by atoms with van der Waals surface area (Å²) in [5.74, 6) is -0.177. The van der Waals surface area contributed by atoms with Crippen molar-refractivity contribution in [3.8, 4) is 11.8 Å². The maximum absolute atomic E-state index is 12.3. The Labute approximate surface area is 141 Å². The highest BCUT2D eigenvalue weighted by Crippen LogP contribution is 2.41. The molecule has 1 atom stereocenters. The fraction of sp³-hybridized carbons (Fsp3) is 0.125. The molecule has 0 saturated heterocycles. The first-order valence-electron chi connectivity index (χ1n) is 6.59. The standard InChI is InChI=1S/C16H10Cl2N2O3/c1-7-2-12-14(16(21)22-7)13(11(6-19)15(20)23-12)8-3-9(17)5-10(18)4-8/h2-5,13H,20H2,1H3. The fourth-order valence-electron chi connectivity index (χ4n) is 2.59. The number of allylic oxidation sites excluding steroid dienone is 1. The van der Waals surface area contributed by atoms with E-state index in [4.69, 9.17) is 38.1 Å². The van der Waals surface area contributed by atoms with Crippen molar-refractivity contribution < 1.29 is 9.15 Å². The molecule has 0 saturated carbocycles. The fourth-order valence-corrected chi connectivity index (χ4v) is 3.14. The molecule has 0 spiro atoms. The van der Waals surface area contributed by atoms with Gasteiger partial charge in [0.25, 0.3) is 0 Å². The molecule has 2 heterocycles. The molecule has 2 N–H and O–H groups in total. The SMILES string of the molecule is Cc1cc2c(c(=O)o1)C(c1cc(Cl)cc(Cl)c1)C(C#N)=C(N)O2. The van der Waals surface area contributed by atoms with Crippen LogP contribution in [-0.4, -0.2) is 0 Å². The summed E-state index contributed by atoms with van der Waals surface area (Å²) in [6, 6.07) is 8.34. The average Bonchev–Trinajstić information content (AvgIpc) is 2.44. The van der Waals surface area contributed by atoms with E-state index in [9.17, 15) is 10.1 Å². The summed E-state index contributed by atoms with van der Waals surface area (Å²) in [7, 11) is 0. The van der Waals surface area contributed by atoms with Crippen LogP contribution in [0.1, 0.15) is 22.8 Å². The minimum absolute atomic E-state index is 0.0638. The summed E-state index contributed by atoms with van der Waals surface area (Å²) < 4.78 is 10.6. The van der Waals surface area contributed by atoms with E-state index >= 15 is 0 Å².